The average molecular weight is 2090 g/mol. The first-order valence-corrected chi connectivity index (χ1v) is 59.0. The van der Waals surface area contributed by atoms with Crippen molar-refractivity contribution < 1.29 is 144 Å². The zero-order valence-corrected chi connectivity index (χ0v) is 88.4. The molecule has 2 aromatic rings. The third kappa shape index (κ3) is 67.7. The number of hydrogen-bond donors (Lipinski definition) is 17. The van der Waals surface area contributed by atoms with Gasteiger partial charge in [0.25, 0.3) is 0 Å². The van der Waals surface area contributed by atoms with E-state index in [4.69, 9.17) is 29.4 Å². The number of rotatable bonds is 67. The maximum Gasteiger partial charge on any atom is 0.334 e. The Morgan fingerprint density at radius 3 is 0.841 bits per heavy atom. The third-order valence-corrected chi connectivity index (χ3v) is 26.5. The molecule has 2 rings (SSSR count). The van der Waals surface area contributed by atoms with E-state index in [0.29, 0.717) is 113 Å². The highest BCUT2D eigenvalue weighted by molar-refractivity contribution is 7.57. The molecule has 138 heavy (non-hydrogen) atoms. The quantitative estimate of drug-likeness (QED) is 0.0166. The van der Waals surface area contributed by atoms with Crippen LogP contribution in [0.25, 0.3) is 0 Å². The van der Waals surface area contributed by atoms with Gasteiger partial charge in [0.2, 0.25) is 59.1 Å². The van der Waals surface area contributed by atoms with Crippen molar-refractivity contribution in [3.05, 3.63) is 157 Å². The lowest BCUT2D eigenvalue weighted by Gasteiger charge is -2.34. The van der Waals surface area contributed by atoms with Crippen LogP contribution >= 0.6 is 52.9 Å². The summed E-state index contributed by atoms with van der Waals surface area (Å²) in [4.78, 5) is 252. The fraction of sp³-hybridized carbons (Fsp3) is 0.604. The summed E-state index contributed by atoms with van der Waals surface area (Å²) in [7, 11) is -30.1. The molecular formula is C91H157N10O30P7. The molecule has 0 aliphatic rings. The Morgan fingerprint density at radius 1 is 0.297 bits per heavy atom. The van der Waals surface area contributed by atoms with Crippen molar-refractivity contribution in [3.8, 4) is 0 Å². The summed E-state index contributed by atoms with van der Waals surface area (Å²) in [5, 5.41) is 9.74. The molecule has 0 aliphatic carbocycles. The summed E-state index contributed by atoms with van der Waals surface area (Å²) < 4.78 is 80.9. The minimum atomic E-state index is -4.48. The second-order valence-electron chi connectivity index (χ2n) is 34.8. The van der Waals surface area contributed by atoms with E-state index >= 15 is 0 Å². The maximum absolute atomic E-state index is 13.1. The molecule has 5 atom stereocenters. The Hall–Kier alpha value is -7.59. The number of carbonyl (C=O) groups excluding carboxylic acids is 10. The molecule has 5 unspecified atom stereocenters. The Balaban J connectivity index is 0. The fourth-order valence-corrected chi connectivity index (χ4v) is 19.4. The lowest BCUT2D eigenvalue weighted by Crippen LogP contribution is -2.45. The van der Waals surface area contributed by atoms with Gasteiger partial charge in [-0.05, 0) is 137 Å². The molecule has 0 saturated heterocycles. The van der Waals surface area contributed by atoms with Gasteiger partial charge in [0.1, 0.15) is 18.5 Å². The predicted octanol–water partition coefficient (Wildman–Crippen LogP) is 10.2. The Morgan fingerprint density at radius 2 is 0.572 bits per heavy atom. The van der Waals surface area contributed by atoms with E-state index in [9.17, 15) is 114 Å². The molecule has 0 spiro atoms. The minimum Gasteiger partial charge on any atom is -0.354 e. The van der Waals surface area contributed by atoms with Crippen molar-refractivity contribution in [2.75, 3.05) is 128 Å². The Bertz CT molecular complexity index is 4370. The van der Waals surface area contributed by atoms with Crippen molar-refractivity contribution in [1.29, 1.82) is 0 Å². The number of hydrogen-bond acceptors (Lipinski definition) is 17. The second-order valence-corrected chi connectivity index (χ2v) is 47.3. The molecule has 0 fully saturated rings. The van der Waals surface area contributed by atoms with E-state index in [-0.39, 0.29) is 124 Å². The van der Waals surface area contributed by atoms with E-state index in [1.807, 2.05) is 60.7 Å². The monoisotopic (exact) mass is 2090 g/mol. The van der Waals surface area contributed by atoms with Crippen molar-refractivity contribution in [2.45, 2.75) is 228 Å². The number of nitrogens with one attached hydrogen (secondary N) is 4. The normalized spacial score (nSPS) is 12.8. The van der Waals surface area contributed by atoms with Crippen molar-refractivity contribution in [2.24, 2.45) is 0 Å². The van der Waals surface area contributed by atoms with Crippen LogP contribution in [-0.4, -0.2) is 305 Å². The molecule has 0 heterocycles. The Kier molecular flexibility index (Phi) is 65.8. The number of amides is 10. The van der Waals surface area contributed by atoms with Gasteiger partial charge in [0.05, 0.1) is 18.5 Å². The molecule has 0 aliphatic heterocycles. The second kappa shape index (κ2) is 68.6. The van der Waals surface area contributed by atoms with Crippen molar-refractivity contribution >= 4 is 112 Å². The van der Waals surface area contributed by atoms with Crippen LogP contribution in [-0.2, 0) is 92.7 Å². The first kappa shape index (κ1) is 132. The van der Waals surface area contributed by atoms with Crippen molar-refractivity contribution in [3.63, 3.8) is 0 Å². The van der Waals surface area contributed by atoms with E-state index < -0.39 is 137 Å². The molecule has 47 heteroatoms. The van der Waals surface area contributed by atoms with Crippen LogP contribution in [0.1, 0.15) is 202 Å². The van der Waals surface area contributed by atoms with Gasteiger partial charge in [0, 0.05) is 155 Å². The van der Waals surface area contributed by atoms with Gasteiger partial charge in [-0.15, -0.1) is 0 Å². The van der Waals surface area contributed by atoms with Crippen LogP contribution < -0.4 is 21.3 Å². The van der Waals surface area contributed by atoms with Crippen LogP contribution in [0.4, 0.5) is 0 Å². The molecule has 0 radical (unpaired) electrons. The first-order chi connectivity index (χ1) is 63.8. The van der Waals surface area contributed by atoms with Crippen LogP contribution in [0.2, 0.25) is 0 Å². The highest BCUT2D eigenvalue weighted by Crippen LogP contribution is 2.42. The highest BCUT2D eigenvalue weighted by atomic mass is 31.2. The van der Waals surface area contributed by atoms with Gasteiger partial charge in [-0.25, -0.2) is 0 Å². The molecular weight excluding hydrogens is 1930 g/mol. The highest BCUT2D eigenvalue weighted by Gasteiger charge is 2.36. The molecule has 786 valence electrons. The topological polar surface area (TPSA) is 621 Å². The van der Waals surface area contributed by atoms with Gasteiger partial charge < -0.3 is 114 Å². The molecule has 10 amide bonds. The van der Waals surface area contributed by atoms with Gasteiger partial charge >= 0.3 is 45.6 Å². The lowest BCUT2D eigenvalue weighted by atomic mass is 10.0. The molecule has 0 bridgehead atoms. The fourth-order valence-electron chi connectivity index (χ4n) is 14.1. The van der Waals surface area contributed by atoms with Crippen LogP contribution in [0, 0.1) is 0 Å². The number of benzene rings is 2. The number of nitrogens with zero attached hydrogens (tertiary/aromatic N) is 6. The molecule has 2 aromatic carbocycles. The lowest BCUT2D eigenvalue weighted by molar-refractivity contribution is -0.130. The van der Waals surface area contributed by atoms with Gasteiger partial charge in [0.15, 0.2) is 7.37 Å². The molecule has 40 nitrogen and oxygen atoms in total. The summed E-state index contributed by atoms with van der Waals surface area (Å²) in [5.74, 6) is -4.77. The van der Waals surface area contributed by atoms with Gasteiger partial charge in [-0.2, -0.15) is 0 Å². The van der Waals surface area contributed by atoms with Crippen LogP contribution in [0.5, 0.6) is 0 Å². The summed E-state index contributed by atoms with van der Waals surface area (Å²) in [5.41, 5.74) is 3.82. The van der Waals surface area contributed by atoms with E-state index in [2.05, 4.69) is 81.2 Å². The molecule has 0 aromatic heterocycles. The van der Waals surface area contributed by atoms with Crippen LogP contribution in [0.3, 0.4) is 0 Å². The average Bonchev–Trinajstić information content (AvgIpc) is 1.41. The van der Waals surface area contributed by atoms with Gasteiger partial charge in [-0.3, -0.25) is 79.9 Å². The third-order valence-electron chi connectivity index (χ3n) is 20.7. The number of unbranched alkanes of at least 4 members (excludes halogenated alkanes) is 12. The first-order valence-electron chi connectivity index (χ1n) is 45.9. The number of carbonyl (C=O) groups is 10. The van der Waals surface area contributed by atoms with Gasteiger partial charge in [-0.1, -0.05) is 185 Å². The SMILES string of the molecule is C=C(C)C(=O)N(CCCCCN(C(=O)C(=C)C)C(CCCCCCC)CP(=O)(O)O)C(CCCCCCC)CP(C)(=O)O.C=C(C)C(=O)N(CCCCCN(C(=O)C(=C)C)C(Cc1ccccc1)CP(=O)(O)O)C(Cc1ccccc1)CP(=O)(O)O.C=C(C)C(=O)N(CCNC(=O)CP(=O)(O)O)CCNC(=O)CP(=O)(O)O.C=C(C)C(=O)NCCCN(CCCNC(=O)C(=C)C)C(=O)CP(=O)(O)O. The summed E-state index contributed by atoms with van der Waals surface area (Å²) in [6.07, 6.45) is 12.0. The van der Waals surface area contributed by atoms with E-state index in [1.54, 1.807) is 51.3 Å². The van der Waals surface area contributed by atoms with E-state index in [1.165, 1.54) is 33.2 Å². The zero-order valence-electron chi connectivity index (χ0n) is 82.1. The summed E-state index contributed by atoms with van der Waals surface area (Å²) >= 11 is 0. The molecule has 0 saturated carbocycles. The smallest absolute Gasteiger partial charge is 0.334 e. The minimum absolute atomic E-state index is 0.0209. The van der Waals surface area contributed by atoms with Crippen LogP contribution in [0.15, 0.2) is 146 Å². The standard InChI is InChI=1S/C32H62N2O7P2.C31H44N2O8P2.C16H28N3O6P.C12H23N3O9P2/c1-8-10-12-14-17-21-29(25-42(7,37)38)33(31(35)27(3)4)23-19-16-20-24-34(32(36)28(5)6)30(26-43(39,40)41)22-18-15-13-11-9-2;1-24(2)30(34)32(28(22-42(36,37)38)20-26-14-8-5-9-15-26)18-12-7-13-19-33(31(35)25(3)4)29(23-43(39,40)41)21-27-16-10-6-11-17-27;1-12(2)15(21)17-7-5-9-19(14(20)11-26(23,24)25)10-6-8-18-16(22)13(3)4;1-9(2)12(18)15(5-3-13-10(16)7-25(19,20)21)6-4-14-11(17)8-26(22,23)24/h29-30H,3,5,8-26H2,1-2,4,6-7H3,(H,37,38)(H2,39,40,41);5-6,8-11,14-17,28-29H,1,3,7,12-13,18-23H2,2,4H3,(H2,36,37,38)(H2,39,40,41);1,3,5-11H2,2,4H3,(H,17,21)(H,18,22)(H2,23,24,25);1,3-8H2,2H3,(H,13,16)(H,14,17)(H2,19,20,21)(H2,22,23,24). The Labute approximate surface area is 814 Å². The predicted molar refractivity (Wildman–Crippen MR) is 537 cm³/mol. The molecule has 17 N–H and O–H groups in total. The zero-order chi connectivity index (χ0) is 106. The van der Waals surface area contributed by atoms with E-state index in [0.717, 1.165) is 75.3 Å². The summed E-state index contributed by atoms with van der Waals surface area (Å²) in [6, 6.07) is 15.9. The maximum atomic E-state index is 13.1. The van der Waals surface area contributed by atoms with Crippen molar-refractivity contribution in [1.82, 2.24) is 50.7 Å². The largest absolute Gasteiger partial charge is 0.354 e. The summed E-state index contributed by atoms with van der Waals surface area (Å²) in [6.45, 7) is 44.2.